The Labute approximate surface area is 109 Å². The predicted octanol–water partition coefficient (Wildman–Crippen LogP) is 0.755. The first-order valence-corrected chi connectivity index (χ1v) is 5.91. The third-order valence-electron chi connectivity index (χ3n) is 3.27. The van der Waals surface area contributed by atoms with Crippen molar-refractivity contribution in [1.29, 1.82) is 0 Å². The third-order valence-corrected chi connectivity index (χ3v) is 3.27. The van der Waals surface area contributed by atoms with Gasteiger partial charge in [-0.2, -0.15) is 0 Å². The quantitative estimate of drug-likeness (QED) is 0.620. The molecule has 0 radical (unpaired) electrons. The van der Waals surface area contributed by atoms with Gasteiger partial charge in [-0.3, -0.25) is 14.9 Å². The van der Waals surface area contributed by atoms with E-state index >= 15 is 0 Å². The molecular formula is C12H14N2O5. The molecule has 1 heterocycles. The molecule has 1 amide bonds. The van der Waals surface area contributed by atoms with Crippen LogP contribution in [0.5, 0.6) is 5.75 Å². The first-order chi connectivity index (χ1) is 9.04. The predicted molar refractivity (Wildman–Crippen MR) is 65.9 cm³/mol. The average molecular weight is 266 g/mol. The highest BCUT2D eigenvalue weighted by molar-refractivity contribution is 5.98. The third kappa shape index (κ3) is 2.50. The molecule has 19 heavy (non-hydrogen) atoms. The molecule has 7 nitrogen and oxygen atoms in total. The number of amides is 1. The van der Waals surface area contributed by atoms with Gasteiger partial charge in [0, 0.05) is 31.7 Å². The van der Waals surface area contributed by atoms with Crippen LogP contribution in [0.1, 0.15) is 16.8 Å². The van der Waals surface area contributed by atoms with E-state index in [-0.39, 0.29) is 18.1 Å². The number of phenolic OH excluding ortho intramolecular Hbond substituents is 1. The number of hydrogen-bond donors (Lipinski definition) is 2. The summed E-state index contributed by atoms with van der Waals surface area (Å²) in [5.74, 6) is -1.02. The Balaban J connectivity index is 2.25. The molecule has 2 rings (SSSR count). The summed E-state index contributed by atoms with van der Waals surface area (Å²) in [6.07, 6.45) is 0.692. The number of phenols is 1. The van der Waals surface area contributed by atoms with Crippen molar-refractivity contribution in [2.45, 2.75) is 6.42 Å². The second kappa shape index (κ2) is 5.23. The molecule has 7 heteroatoms. The molecule has 0 saturated carbocycles. The zero-order valence-corrected chi connectivity index (χ0v) is 10.2. The summed E-state index contributed by atoms with van der Waals surface area (Å²) < 4.78 is 0. The van der Waals surface area contributed by atoms with E-state index in [0.29, 0.717) is 19.5 Å². The topological polar surface area (TPSA) is 104 Å². The maximum Gasteiger partial charge on any atom is 0.311 e. The van der Waals surface area contributed by atoms with Crippen LogP contribution in [-0.2, 0) is 0 Å². The highest BCUT2D eigenvalue weighted by Crippen LogP contribution is 2.31. The first kappa shape index (κ1) is 13.3. The van der Waals surface area contributed by atoms with Crippen molar-refractivity contribution in [3.05, 3.63) is 33.9 Å². The molecule has 102 valence electrons. The molecule has 1 fully saturated rings. The van der Waals surface area contributed by atoms with Gasteiger partial charge in [-0.05, 0) is 12.5 Å². The highest BCUT2D eigenvalue weighted by Gasteiger charge is 2.29. The van der Waals surface area contributed by atoms with Gasteiger partial charge < -0.3 is 15.1 Å². The van der Waals surface area contributed by atoms with Crippen molar-refractivity contribution in [2.24, 2.45) is 5.92 Å². The van der Waals surface area contributed by atoms with E-state index in [1.165, 1.54) is 17.0 Å². The van der Waals surface area contributed by atoms with Crippen LogP contribution in [0.4, 0.5) is 5.69 Å². The molecule has 0 aromatic heterocycles. The van der Waals surface area contributed by atoms with Gasteiger partial charge in [-0.1, -0.05) is 6.07 Å². The number of nitro benzene ring substituents is 1. The monoisotopic (exact) mass is 266 g/mol. The minimum Gasteiger partial charge on any atom is -0.502 e. The Morgan fingerprint density at radius 2 is 2.26 bits per heavy atom. The first-order valence-electron chi connectivity index (χ1n) is 5.91. The molecule has 1 atom stereocenters. The summed E-state index contributed by atoms with van der Waals surface area (Å²) in [6.45, 7) is 0.883. The van der Waals surface area contributed by atoms with Gasteiger partial charge in [0.15, 0.2) is 0 Å². The van der Waals surface area contributed by atoms with Crippen molar-refractivity contribution in [2.75, 3.05) is 19.7 Å². The van der Waals surface area contributed by atoms with Gasteiger partial charge >= 0.3 is 5.69 Å². The van der Waals surface area contributed by atoms with E-state index in [2.05, 4.69) is 0 Å². The standard InChI is InChI=1S/C12H14N2O5/c15-7-8-4-5-13(6-8)12(17)9-2-1-3-10(11(9)16)14(18)19/h1-3,8,15-16H,4-7H2. The molecule has 0 spiro atoms. The number of aliphatic hydroxyl groups is 1. The van der Waals surface area contributed by atoms with Crippen LogP contribution in [0.3, 0.4) is 0 Å². The number of aromatic hydroxyl groups is 1. The number of carbonyl (C=O) groups excluding carboxylic acids is 1. The average Bonchev–Trinajstić information content (AvgIpc) is 2.86. The summed E-state index contributed by atoms with van der Waals surface area (Å²) >= 11 is 0. The number of likely N-dealkylation sites (tertiary alicyclic amines) is 1. The zero-order chi connectivity index (χ0) is 14.0. The summed E-state index contributed by atoms with van der Waals surface area (Å²) in [7, 11) is 0. The summed E-state index contributed by atoms with van der Waals surface area (Å²) in [5, 5.41) is 29.5. The van der Waals surface area contributed by atoms with E-state index in [1.54, 1.807) is 0 Å². The Morgan fingerprint density at radius 3 is 2.84 bits per heavy atom. The van der Waals surface area contributed by atoms with Crippen LogP contribution in [0.15, 0.2) is 18.2 Å². The van der Waals surface area contributed by atoms with E-state index in [9.17, 15) is 20.0 Å². The molecule has 1 saturated heterocycles. The summed E-state index contributed by atoms with van der Waals surface area (Å²) in [6, 6.07) is 3.87. The molecule has 1 aromatic rings. The SMILES string of the molecule is O=C(c1cccc([N+](=O)[O-])c1O)N1CCC(CO)C1. The lowest BCUT2D eigenvalue weighted by Gasteiger charge is -2.16. The molecule has 2 N–H and O–H groups in total. The number of aliphatic hydroxyl groups excluding tert-OH is 1. The molecule has 1 unspecified atom stereocenters. The Morgan fingerprint density at radius 1 is 1.53 bits per heavy atom. The van der Waals surface area contributed by atoms with Crippen LogP contribution in [0.25, 0.3) is 0 Å². The number of nitro groups is 1. The van der Waals surface area contributed by atoms with E-state index in [0.717, 1.165) is 6.07 Å². The number of benzene rings is 1. The number of para-hydroxylation sites is 1. The summed E-state index contributed by atoms with van der Waals surface area (Å²) in [4.78, 5) is 23.6. The largest absolute Gasteiger partial charge is 0.502 e. The maximum atomic E-state index is 12.2. The van der Waals surface area contributed by atoms with E-state index in [1.807, 2.05) is 0 Å². The number of rotatable bonds is 3. The Bertz CT molecular complexity index is 517. The lowest BCUT2D eigenvalue weighted by Crippen LogP contribution is -2.29. The fourth-order valence-corrected chi connectivity index (χ4v) is 2.19. The molecule has 1 aliphatic rings. The zero-order valence-electron chi connectivity index (χ0n) is 10.2. The maximum absolute atomic E-state index is 12.2. The van der Waals surface area contributed by atoms with Crippen molar-refractivity contribution >= 4 is 11.6 Å². The van der Waals surface area contributed by atoms with Gasteiger partial charge in [-0.25, -0.2) is 0 Å². The fourth-order valence-electron chi connectivity index (χ4n) is 2.19. The minimum absolute atomic E-state index is 0.00466. The van der Waals surface area contributed by atoms with Crippen molar-refractivity contribution in [1.82, 2.24) is 4.90 Å². The van der Waals surface area contributed by atoms with Gasteiger partial charge in [-0.15, -0.1) is 0 Å². The van der Waals surface area contributed by atoms with Crippen LogP contribution in [0.2, 0.25) is 0 Å². The molecule has 1 aliphatic heterocycles. The number of hydrogen-bond acceptors (Lipinski definition) is 5. The van der Waals surface area contributed by atoms with E-state index < -0.39 is 22.3 Å². The molecule has 0 bridgehead atoms. The lowest BCUT2D eigenvalue weighted by atomic mass is 10.1. The second-order valence-electron chi connectivity index (χ2n) is 4.52. The van der Waals surface area contributed by atoms with Gasteiger partial charge in [0.05, 0.1) is 10.5 Å². The smallest absolute Gasteiger partial charge is 0.311 e. The number of carbonyl (C=O) groups is 1. The fraction of sp³-hybridized carbons (Fsp3) is 0.417. The van der Waals surface area contributed by atoms with Crippen LogP contribution < -0.4 is 0 Å². The van der Waals surface area contributed by atoms with Crippen LogP contribution in [0, 0.1) is 16.0 Å². The second-order valence-corrected chi connectivity index (χ2v) is 4.52. The van der Waals surface area contributed by atoms with Crippen molar-refractivity contribution in [3.63, 3.8) is 0 Å². The van der Waals surface area contributed by atoms with Crippen LogP contribution >= 0.6 is 0 Å². The molecule has 1 aromatic carbocycles. The normalized spacial score (nSPS) is 18.6. The molecular weight excluding hydrogens is 252 g/mol. The van der Waals surface area contributed by atoms with Crippen molar-refractivity contribution in [3.8, 4) is 5.75 Å². The number of nitrogens with zero attached hydrogens (tertiary/aromatic N) is 2. The van der Waals surface area contributed by atoms with Crippen LogP contribution in [-0.4, -0.2) is 45.6 Å². The highest BCUT2D eigenvalue weighted by atomic mass is 16.6. The Kier molecular flexibility index (Phi) is 3.66. The molecule has 0 aliphatic carbocycles. The summed E-state index contributed by atoms with van der Waals surface area (Å²) in [5.41, 5.74) is -0.559. The van der Waals surface area contributed by atoms with Gasteiger partial charge in [0.1, 0.15) is 0 Å². The van der Waals surface area contributed by atoms with Gasteiger partial charge in [0.2, 0.25) is 5.75 Å². The minimum atomic E-state index is -0.730. The van der Waals surface area contributed by atoms with Crippen molar-refractivity contribution < 1.29 is 19.9 Å². The van der Waals surface area contributed by atoms with Gasteiger partial charge in [0.25, 0.3) is 5.91 Å². The Hall–Kier alpha value is -2.15. The van der Waals surface area contributed by atoms with E-state index in [4.69, 9.17) is 5.11 Å². The lowest BCUT2D eigenvalue weighted by molar-refractivity contribution is -0.385.